The van der Waals surface area contributed by atoms with Gasteiger partial charge in [-0.3, -0.25) is 9.78 Å². The summed E-state index contributed by atoms with van der Waals surface area (Å²) < 4.78 is 0. The van der Waals surface area contributed by atoms with Gasteiger partial charge in [0, 0.05) is 30.9 Å². The summed E-state index contributed by atoms with van der Waals surface area (Å²) in [6.07, 6.45) is 2.30. The number of aliphatic hydroxyl groups excluding tert-OH is 1. The molecule has 1 rings (SSSR count). The second-order valence-corrected chi connectivity index (χ2v) is 4.59. The first-order chi connectivity index (χ1) is 7.97. The Morgan fingerprint density at radius 3 is 2.65 bits per heavy atom. The number of pyridine rings is 1. The van der Waals surface area contributed by atoms with E-state index in [0.717, 1.165) is 5.56 Å². The molecule has 1 aromatic rings. The monoisotopic (exact) mass is 237 g/mol. The van der Waals surface area contributed by atoms with E-state index < -0.39 is 12.0 Å². The fourth-order valence-corrected chi connectivity index (χ4v) is 1.44. The molecule has 0 saturated heterocycles. The number of nitrogens with one attached hydrogen (secondary N) is 1. The summed E-state index contributed by atoms with van der Waals surface area (Å²) in [7, 11) is 0. The molecule has 94 valence electrons. The molecule has 0 bridgehead atoms. The Bertz CT molecular complexity index is 365. The number of carbonyl (C=O) groups excluding carboxylic acids is 1. The summed E-state index contributed by atoms with van der Waals surface area (Å²) in [5.74, 6) is -0.436. The molecule has 17 heavy (non-hydrogen) atoms. The minimum absolute atomic E-state index is 0.0679. The average molecular weight is 237 g/mol. The SMILES string of the molecule is CC(C)(CNC(=O)C(O)CN)c1ccncc1. The second kappa shape index (κ2) is 5.75. The van der Waals surface area contributed by atoms with Crippen molar-refractivity contribution >= 4 is 5.91 Å². The molecule has 0 spiro atoms. The van der Waals surface area contributed by atoms with Crippen molar-refractivity contribution in [3.05, 3.63) is 30.1 Å². The predicted molar refractivity (Wildman–Crippen MR) is 65.3 cm³/mol. The van der Waals surface area contributed by atoms with Crippen LogP contribution in [0.4, 0.5) is 0 Å². The van der Waals surface area contributed by atoms with Gasteiger partial charge in [-0.2, -0.15) is 0 Å². The number of hydrogen-bond donors (Lipinski definition) is 3. The maximum absolute atomic E-state index is 11.4. The topological polar surface area (TPSA) is 88.2 Å². The second-order valence-electron chi connectivity index (χ2n) is 4.59. The van der Waals surface area contributed by atoms with Crippen molar-refractivity contribution in [1.82, 2.24) is 10.3 Å². The molecular formula is C12H19N3O2. The number of nitrogens with zero attached hydrogens (tertiary/aromatic N) is 1. The highest BCUT2D eigenvalue weighted by Crippen LogP contribution is 2.21. The lowest BCUT2D eigenvalue weighted by Crippen LogP contribution is -2.44. The Morgan fingerprint density at radius 2 is 2.12 bits per heavy atom. The molecule has 1 aromatic heterocycles. The lowest BCUT2D eigenvalue weighted by Gasteiger charge is -2.26. The molecule has 0 saturated carbocycles. The van der Waals surface area contributed by atoms with Gasteiger partial charge in [0.05, 0.1) is 0 Å². The van der Waals surface area contributed by atoms with Gasteiger partial charge in [0.1, 0.15) is 6.10 Å². The highest BCUT2D eigenvalue weighted by molar-refractivity contribution is 5.80. The minimum Gasteiger partial charge on any atom is -0.382 e. The molecule has 1 amide bonds. The van der Waals surface area contributed by atoms with Crippen LogP contribution in [0.3, 0.4) is 0 Å². The fourth-order valence-electron chi connectivity index (χ4n) is 1.44. The quantitative estimate of drug-likeness (QED) is 0.661. The molecule has 0 fully saturated rings. The lowest BCUT2D eigenvalue weighted by molar-refractivity contribution is -0.129. The molecule has 5 heteroatoms. The number of rotatable bonds is 5. The number of aliphatic hydroxyl groups is 1. The minimum atomic E-state index is -1.14. The summed E-state index contributed by atoms with van der Waals surface area (Å²) >= 11 is 0. The van der Waals surface area contributed by atoms with Crippen molar-refractivity contribution in [3.63, 3.8) is 0 Å². The van der Waals surface area contributed by atoms with Crippen LogP contribution in [-0.2, 0) is 10.2 Å². The van der Waals surface area contributed by atoms with Crippen LogP contribution in [0, 0.1) is 0 Å². The first kappa shape index (κ1) is 13.6. The molecule has 1 atom stereocenters. The van der Waals surface area contributed by atoms with Crippen LogP contribution in [0.25, 0.3) is 0 Å². The Hall–Kier alpha value is -1.46. The Labute approximate surface area is 101 Å². The van der Waals surface area contributed by atoms with Gasteiger partial charge in [0.25, 0.3) is 0 Å². The van der Waals surface area contributed by atoms with Crippen LogP contribution in [-0.4, -0.2) is 35.2 Å². The molecular weight excluding hydrogens is 218 g/mol. The summed E-state index contributed by atoms with van der Waals surface area (Å²) in [5, 5.41) is 11.9. The number of aromatic nitrogens is 1. The smallest absolute Gasteiger partial charge is 0.250 e. The molecule has 1 heterocycles. The van der Waals surface area contributed by atoms with Gasteiger partial charge in [-0.15, -0.1) is 0 Å². The molecule has 4 N–H and O–H groups in total. The largest absolute Gasteiger partial charge is 0.382 e. The van der Waals surface area contributed by atoms with E-state index in [9.17, 15) is 9.90 Å². The van der Waals surface area contributed by atoms with Crippen molar-refractivity contribution in [2.45, 2.75) is 25.4 Å². The van der Waals surface area contributed by atoms with Crippen LogP contribution in [0.15, 0.2) is 24.5 Å². The zero-order chi connectivity index (χ0) is 12.9. The Morgan fingerprint density at radius 1 is 1.53 bits per heavy atom. The Balaban J connectivity index is 2.59. The van der Waals surface area contributed by atoms with E-state index in [2.05, 4.69) is 10.3 Å². The van der Waals surface area contributed by atoms with Crippen molar-refractivity contribution < 1.29 is 9.90 Å². The van der Waals surface area contributed by atoms with Gasteiger partial charge in [-0.25, -0.2) is 0 Å². The summed E-state index contributed by atoms with van der Waals surface area (Å²) in [5.41, 5.74) is 6.07. The normalized spacial score (nSPS) is 13.2. The fraction of sp³-hybridized carbons (Fsp3) is 0.500. The third kappa shape index (κ3) is 3.80. The van der Waals surface area contributed by atoms with E-state index in [1.807, 2.05) is 26.0 Å². The van der Waals surface area contributed by atoms with Crippen LogP contribution < -0.4 is 11.1 Å². The first-order valence-electron chi connectivity index (χ1n) is 5.54. The number of hydrogen-bond acceptors (Lipinski definition) is 4. The van der Waals surface area contributed by atoms with E-state index >= 15 is 0 Å². The summed E-state index contributed by atoms with van der Waals surface area (Å²) in [6.45, 7) is 4.39. The van der Waals surface area contributed by atoms with Gasteiger partial charge in [0.2, 0.25) is 5.91 Å². The van der Waals surface area contributed by atoms with E-state index in [1.165, 1.54) is 0 Å². The molecule has 0 aromatic carbocycles. The van der Waals surface area contributed by atoms with E-state index in [4.69, 9.17) is 5.73 Å². The lowest BCUT2D eigenvalue weighted by atomic mass is 9.85. The Kier molecular flexibility index (Phi) is 4.60. The zero-order valence-electron chi connectivity index (χ0n) is 10.2. The standard InChI is InChI=1S/C12H19N3O2/c1-12(2,9-3-5-14-6-4-9)8-15-11(17)10(16)7-13/h3-6,10,16H,7-8,13H2,1-2H3,(H,15,17). The third-order valence-electron chi connectivity index (χ3n) is 2.69. The zero-order valence-corrected chi connectivity index (χ0v) is 10.2. The molecule has 0 aliphatic heterocycles. The van der Waals surface area contributed by atoms with Crippen molar-refractivity contribution in [2.24, 2.45) is 5.73 Å². The van der Waals surface area contributed by atoms with Crippen molar-refractivity contribution in [2.75, 3.05) is 13.1 Å². The molecule has 0 aliphatic carbocycles. The molecule has 5 nitrogen and oxygen atoms in total. The van der Waals surface area contributed by atoms with Crippen LogP contribution in [0.2, 0.25) is 0 Å². The summed E-state index contributed by atoms with van der Waals surface area (Å²) in [6, 6.07) is 3.82. The number of carbonyl (C=O) groups is 1. The van der Waals surface area contributed by atoms with Crippen LogP contribution in [0.5, 0.6) is 0 Å². The molecule has 0 aliphatic rings. The van der Waals surface area contributed by atoms with Crippen LogP contribution >= 0.6 is 0 Å². The van der Waals surface area contributed by atoms with E-state index in [0.29, 0.717) is 6.54 Å². The first-order valence-corrected chi connectivity index (χ1v) is 5.54. The molecule has 0 radical (unpaired) electrons. The van der Waals surface area contributed by atoms with E-state index in [-0.39, 0.29) is 12.0 Å². The highest BCUT2D eigenvalue weighted by Gasteiger charge is 2.22. The molecule has 1 unspecified atom stereocenters. The van der Waals surface area contributed by atoms with Gasteiger partial charge >= 0.3 is 0 Å². The predicted octanol–water partition coefficient (Wildman–Crippen LogP) is -0.205. The maximum Gasteiger partial charge on any atom is 0.250 e. The van der Waals surface area contributed by atoms with Gasteiger partial charge in [0.15, 0.2) is 0 Å². The number of nitrogens with two attached hydrogens (primary N) is 1. The highest BCUT2D eigenvalue weighted by atomic mass is 16.3. The van der Waals surface area contributed by atoms with Crippen molar-refractivity contribution in [3.8, 4) is 0 Å². The maximum atomic E-state index is 11.4. The summed E-state index contributed by atoms with van der Waals surface area (Å²) in [4.78, 5) is 15.4. The van der Waals surface area contributed by atoms with Crippen molar-refractivity contribution in [1.29, 1.82) is 0 Å². The van der Waals surface area contributed by atoms with Crippen LogP contribution in [0.1, 0.15) is 19.4 Å². The average Bonchev–Trinajstić information content (AvgIpc) is 2.36. The van der Waals surface area contributed by atoms with E-state index in [1.54, 1.807) is 12.4 Å². The number of amides is 1. The third-order valence-corrected chi connectivity index (χ3v) is 2.69. The van der Waals surface area contributed by atoms with Gasteiger partial charge < -0.3 is 16.2 Å². The van der Waals surface area contributed by atoms with Gasteiger partial charge in [-0.05, 0) is 17.7 Å². The van der Waals surface area contributed by atoms with Gasteiger partial charge in [-0.1, -0.05) is 13.8 Å².